The van der Waals surface area contributed by atoms with E-state index in [4.69, 9.17) is 16.3 Å². The predicted molar refractivity (Wildman–Crippen MR) is 98.2 cm³/mol. The van der Waals surface area contributed by atoms with E-state index in [2.05, 4.69) is 5.32 Å². The lowest BCUT2D eigenvalue weighted by molar-refractivity contribution is -0.133. The van der Waals surface area contributed by atoms with Crippen LogP contribution in [0.3, 0.4) is 0 Å². The molecule has 0 unspecified atom stereocenters. The molecule has 1 N–H and O–H groups in total. The van der Waals surface area contributed by atoms with Gasteiger partial charge in [0, 0.05) is 38.2 Å². The van der Waals surface area contributed by atoms with Crippen LogP contribution in [0.5, 0.6) is 5.75 Å². The van der Waals surface area contributed by atoms with Crippen LogP contribution in [0.15, 0.2) is 17.0 Å². The first kappa shape index (κ1) is 18.5. The summed E-state index contributed by atoms with van der Waals surface area (Å²) < 4.78 is 32.9. The fraction of sp³-hybridized carbons (Fsp3) is 0.529. The van der Waals surface area contributed by atoms with Crippen molar-refractivity contribution in [3.63, 3.8) is 0 Å². The summed E-state index contributed by atoms with van der Waals surface area (Å²) in [5.41, 5.74) is 0.349. The van der Waals surface area contributed by atoms with Crippen LogP contribution in [0.25, 0.3) is 0 Å². The minimum atomic E-state index is -3.84. The highest BCUT2D eigenvalue weighted by molar-refractivity contribution is 7.89. The lowest BCUT2D eigenvalue weighted by atomic mass is 10.2. The van der Waals surface area contributed by atoms with Gasteiger partial charge in [-0.2, -0.15) is 4.31 Å². The highest BCUT2D eigenvalue weighted by Gasteiger charge is 2.37. The zero-order valence-electron chi connectivity index (χ0n) is 14.8. The van der Waals surface area contributed by atoms with Crippen LogP contribution in [0.2, 0.25) is 5.02 Å². The number of halogens is 1. The summed E-state index contributed by atoms with van der Waals surface area (Å²) >= 11 is 6.20. The Balaban J connectivity index is 1.55. The molecule has 10 heteroatoms. The Morgan fingerprint density at radius 3 is 2.52 bits per heavy atom. The molecule has 2 heterocycles. The Hall–Kier alpha value is -1.84. The van der Waals surface area contributed by atoms with E-state index in [1.54, 1.807) is 11.8 Å². The van der Waals surface area contributed by atoms with Crippen LogP contribution in [0, 0.1) is 5.92 Å². The molecular weight excluding hydrogens is 394 g/mol. The van der Waals surface area contributed by atoms with Gasteiger partial charge in [-0.25, -0.2) is 8.42 Å². The summed E-state index contributed by atoms with van der Waals surface area (Å²) in [7, 11) is -3.84. The molecule has 8 nitrogen and oxygen atoms in total. The van der Waals surface area contributed by atoms with E-state index >= 15 is 0 Å². The standard InChI is InChI=1S/C17H20ClN3O5S/c1-10-16(22)19-13-8-12(18)15(9-14(13)26-10)27(24,25)21-6-4-20(5-7-21)17(23)11-2-3-11/h8-11H,2-7H2,1H3,(H,19,22)/t10-/m0/s1. The van der Waals surface area contributed by atoms with Gasteiger partial charge in [0.05, 0.1) is 10.7 Å². The number of carbonyl (C=O) groups is 2. The number of rotatable bonds is 3. The third-order valence-corrected chi connectivity index (χ3v) is 7.42. The maximum Gasteiger partial charge on any atom is 0.265 e. The number of hydrogen-bond donors (Lipinski definition) is 1. The van der Waals surface area contributed by atoms with Crippen molar-refractivity contribution >= 4 is 39.1 Å². The lowest BCUT2D eigenvalue weighted by Gasteiger charge is -2.34. The molecule has 146 valence electrons. The molecule has 0 aromatic heterocycles. The molecule has 1 saturated heterocycles. The molecule has 1 saturated carbocycles. The van der Waals surface area contributed by atoms with Gasteiger partial charge in [0.2, 0.25) is 15.9 Å². The number of anilines is 1. The van der Waals surface area contributed by atoms with Gasteiger partial charge in [-0.1, -0.05) is 11.6 Å². The molecule has 2 fully saturated rings. The number of amides is 2. The Bertz CT molecular complexity index is 907. The average Bonchev–Trinajstić information content (AvgIpc) is 3.47. The molecule has 1 aromatic rings. The van der Waals surface area contributed by atoms with Crippen LogP contribution in [-0.2, 0) is 19.6 Å². The van der Waals surface area contributed by atoms with E-state index in [-0.39, 0.29) is 46.5 Å². The van der Waals surface area contributed by atoms with Crippen LogP contribution >= 0.6 is 11.6 Å². The molecule has 0 bridgehead atoms. The number of benzene rings is 1. The van der Waals surface area contributed by atoms with Gasteiger partial charge in [0.1, 0.15) is 10.6 Å². The average molecular weight is 414 g/mol. The Kier molecular flexibility index (Phi) is 4.56. The number of nitrogens with one attached hydrogen (secondary N) is 1. The van der Waals surface area contributed by atoms with Gasteiger partial charge in [0.15, 0.2) is 6.10 Å². The van der Waals surface area contributed by atoms with Gasteiger partial charge < -0.3 is 15.0 Å². The fourth-order valence-electron chi connectivity index (χ4n) is 3.28. The van der Waals surface area contributed by atoms with Crippen molar-refractivity contribution in [2.24, 2.45) is 5.92 Å². The predicted octanol–water partition coefficient (Wildman–Crippen LogP) is 1.30. The van der Waals surface area contributed by atoms with E-state index in [1.807, 2.05) is 0 Å². The number of fused-ring (bicyclic) bond motifs is 1. The van der Waals surface area contributed by atoms with E-state index in [0.29, 0.717) is 18.8 Å². The van der Waals surface area contributed by atoms with Crippen molar-refractivity contribution in [3.05, 3.63) is 17.2 Å². The molecule has 27 heavy (non-hydrogen) atoms. The van der Waals surface area contributed by atoms with Crippen molar-refractivity contribution in [2.45, 2.75) is 30.8 Å². The molecule has 4 rings (SSSR count). The summed E-state index contributed by atoms with van der Waals surface area (Å²) in [5, 5.41) is 2.66. The Morgan fingerprint density at radius 1 is 1.22 bits per heavy atom. The van der Waals surface area contributed by atoms with Gasteiger partial charge in [-0.15, -0.1) is 0 Å². The molecule has 2 aliphatic heterocycles. The second kappa shape index (κ2) is 6.65. The highest BCUT2D eigenvalue weighted by atomic mass is 35.5. The monoisotopic (exact) mass is 413 g/mol. The quantitative estimate of drug-likeness (QED) is 0.805. The summed E-state index contributed by atoms with van der Waals surface area (Å²) in [6, 6.07) is 2.74. The van der Waals surface area contributed by atoms with Crippen molar-refractivity contribution in [2.75, 3.05) is 31.5 Å². The number of carbonyl (C=O) groups excluding carboxylic acids is 2. The first-order valence-electron chi connectivity index (χ1n) is 8.87. The molecule has 1 atom stereocenters. The Labute approximate surface area is 162 Å². The van der Waals surface area contributed by atoms with E-state index in [1.165, 1.54) is 16.4 Å². The molecule has 1 aromatic carbocycles. The molecular formula is C17H20ClN3O5S. The number of hydrogen-bond acceptors (Lipinski definition) is 5. The summed E-state index contributed by atoms with van der Waals surface area (Å²) in [6.07, 6.45) is 1.14. The lowest BCUT2D eigenvalue weighted by Crippen LogP contribution is -2.51. The SMILES string of the molecule is C[C@@H]1Oc2cc(S(=O)(=O)N3CCN(C(=O)C4CC4)CC3)c(Cl)cc2NC1=O. The molecule has 0 spiro atoms. The fourth-order valence-corrected chi connectivity index (χ4v) is 5.22. The minimum absolute atomic E-state index is 0.0173. The first-order valence-corrected chi connectivity index (χ1v) is 10.7. The molecule has 2 amide bonds. The van der Waals surface area contributed by atoms with Crippen LogP contribution in [-0.4, -0.2) is 61.7 Å². The third-order valence-electron chi connectivity index (χ3n) is 5.06. The van der Waals surface area contributed by atoms with Crippen molar-refractivity contribution in [3.8, 4) is 5.75 Å². The first-order chi connectivity index (χ1) is 12.8. The second-order valence-electron chi connectivity index (χ2n) is 7.03. The number of piperazine rings is 1. The molecule has 0 radical (unpaired) electrons. The van der Waals surface area contributed by atoms with E-state index < -0.39 is 16.1 Å². The molecule has 1 aliphatic carbocycles. The maximum absolute atomic E-state index is 13.1. The van der Waals surface area contributed by atoms with Crippen LogP contribution < -0.4 is 10.1 Å². The largest absolute Gasteiger partial charge is 0.479 e. The summed E-state index contributed by atoms with van der Waals surface area (Å²) in [5.74, 6) is 0.202. The number of sulfonamides is 1. The zero-order valence-corrected chi connectivity index (χ0v) is 16.3. The van der Waals surface area contributed by atoms with Gasteiger partial charge in [-0.05, 0) is 25.8 Å². The smallest absolute Gasteiger partial charge is 0.265 e. The van der Waals surface area contributed by atoms with Gasteiger partial charge >= 0.3 is 0 Å². The maximum atomic E-state index is 13.1. The minimum Gasteiger partial charge on any atom is -0.479 e. The summed E-state index contributed by atoms with van der Waals surface area (Å²) in [6.45, 7) is 2.78. The molecule has 3 aliphatic rings. The number of nitrogens with zero attached hydrogens (tertiary/aromatic N) is 2. The van der Waals surface area contributed by atoms with Gasteiger partial charge in [0.25, 0.3) is 5.91 Å². The van der Waals surface area contributed by atoms with Crippen molar-refractivity contribution in [1.82, 2.24) is 9.21 Å². The van der Waals surface area contributed by atoms with E-state index in [0.717, 1.165) is 12.8 Å². The normalized spacial score (nSPS) is 23.4. The third kappa shape index (κ3) is 3.39. The van der Waals surface area contributed by atoms with Crippen LogP contribution in [0.4, 0.5) is 5.69 Å². The van der Waals surface area contributed by atoms with E-state index in [9.17, 15) is 18.0 Å². The highest BCUT2D eigenvalue weighted by Crippen LogP contribution is 2.38. The van der Waals surface area contributed by atoms with Gasteiger partial charge in [-0.3, -0.25) is 9.59 Å². The topological polar surface area (TPSA) is 96.0 Å². The van der Waals surface area contributed by atoms with Crippen molar-refractivity contribution < 1.29 is 22.7 Å². The zero-order chi connectivity index (χ0) is 19.3. The second-order valence-corrected chi connectivity index (χ2v) is 9.35. The number of ether oxygens (including phenoxy) is 1. The summed E-state index contributed by atoms with van der Waals surface area (Å²) in [4.78, 5) is 25.5. The van der Waals surface area contributed by atoms with Crippen LogP contribution in [0.1, 0.15) is 19.8 Å². The Morgan fingerprint density at radius 2 is 1.89 bits per heavy atom. The van der Waals surface area contributed by atoms with Crippen molar-refractivity contribution in [1.29, 1.82) is 0 Å².